The zero-order valence-corrected chi connectivity index (χ0v) is 10.8. The van der Waals surface area contributed by atoms with Crippen LogP contribution in [0.25, 0.3) is 23.0 Å². The molecule has 0 radical (unpaired) electrons. The predicted molar refractivity (Wildman–Crippen MR) is 73.9 cm³/mol. The Labute approximate surface area is 115 Å². The molecule has 0 aliphatic rings. The maximum atomic E-state index is 5.84. The lowest BCUT2D eigenvalue weighted by Gasteiger charge is -2.03. The van der Waals surface area contributed by atoms with E-state index >= 15 is 0 Å². The van der Waals surface area contributed by atoms with Crippen LogP contribution >= 0.6 is 0 Å². The van der Waals surface area contributed by atoms with Gasteiger partial charge in [-0.25, -0.2) is 4.98 Å². The molecule has 6 nitrogen and oxygen atoms in total. The van der Waals surface area contributed by atoms with Crippen LogP contribution in [0.5, 0.6) is 5.75 Å². The van der Waals surface area contributed by atoms with Crippen LogP contribution in [0.1, 0.15) is 0 Å². The van der Waals surface area contributed by atoms with E-state index in [1.165, 1.54) is 0 Å². The van der Waals surface area contributed by atoms with Crippen molar-refractivity contribution in [3.05, 3.63) is 42.6 Å². The summed E-state index contributed by atoms with van der Waals surface area (Å²) in [6.07, 6.45) is 1.62. The van der Waals surface area contributed by atoms with Gasteiger partial charge in [0, 0.05) is 6.20 Å². The number of hydrogen-bond acceptors (Lipinski definition) is 6. The highest BCUT2D eigenvalue weighted by Crippen LogP contribution is 2.29. The maximum Gasteiger partial charge on any atom is 0.278 e. The minimum atomic E-state index is 0.281. The lowest BCUT2D eigenvalue weighted by atomic mass is 10.2. The number of nitrogen functional groups attached to an aromatic ring is 1. The van der Waals surface area contributed by atoms with Crippen molar-refractivity contribution in [2.45, 2.75) is 0 Å². The van der Waals surface area contributed by atoms with E-state index in [1.807, 2.05) is 24.3 Å². The van der Waals surface area contributed by atoms with E-state index in [9.17, 15) is 0 Å². The number of benzene rings is 1. The summed E-state index contributed by atoms with van der Waals surface area (Å²) in [4.78, 5) is 8.47. The molecule has 0 aliphatic carbocycles. The molecule has 0 unspecified atom stereocenters. The van der Waals surface area contributed by atoms with E-state index in [1.54, 1.807) is 25.4 Å². The van der Waals surface area contributed by atoms with Gasteiger partial charge in [-0.3, -0.25) is 0 Å². The van der Waals surface area contributed by atoms with Crippen LogP contribution in [0, 0.1) is 0 Å². The highest BCUT2D eigenvalue weighted by Gasteiger charge is 2.16. The molecule has 0 fully saturated rings. The van der Waals surface area contributed by atoms with Gasteiger partial charge in [-0.2, -0.15) is 4.98 Å². The van der Waals surface area contributed by atoms with Crippen molar-refractivity contribution in [3.63, 3.8) is 0 Å². The first kappa shape index (κ1) is 12.2. The van der Waals surface area contributed by atoms with Crippen molar-refractivity contribution in [2.24, 2.45) is 0 Å². The van der Waals surface area contributed by atoms with Crippen molar-refractivity contribution in [2.75, 3.05) is 12.8 Å². The molecule has 0 saturated carbocycles. The Balaban J connectivity index is 2.05. The number of nitrogens with zero attached hydrogens (tertiary/aromatic N) is 3. The lowest BCUT2D eigenvalue weighted by molar-refractivity contribution is 0.413. The number of anilines is 1. The highest BCUT2D eigenvalue weighted by molar-refractivity contribution is 5.69. The van der Waals surface area contributed by atoms with Crippen LogP contribution in [0.2, 0.25) is 0 Å². The molecule has 3 rings (SSSR count). The molecule has 3 aromatic rings. The Morgan fingerprint density at radius 3 is 2.80 bits per heavy atom. The summed E-state index contributed by atoms with van der Waals surface area (Å²) in [5.41, 5.74) is 7.55. The first-order valence-electron chi connectivity index (χ1n) is 5.97. The quantitative estimate of drug-likeness (QED) is 0.784. The number of para-hydroxylation sites is 1. The second kappa shape index (κ2) is 5.00. The van der Waals surface area contributed by atoms with Crippen LogP contribution in [0.4, 0.5) is 5.69 Å². The Morgan fingerprint density at radius 1 is 1.15 bits per heavy atom. The number of pyridine rings is 1. The zero-order valence-electron chi connectivity index (χ0n) is 10.8. The summed E-state index contributed by atoms with van der Waals surface area (Å²) in [7, 11) is 1.59. The van der Waals surface area contributed by atoms with Gasteiger partial charge in [0.1, 0.15) is 5.75 Å². The average molecular weight is 268 g/mol. The van der Waals surface area contributed by atoms with Gasteiger partial charge in [-0.05, 0) is 24.3 Å². The van der Waals surface area contributed by atoms with E-state index in [0.29, 0.717) is 23.0 Å². The summed E-state index contributed by atoms with van der Waals surface area (Å²) in [6.45, 7) is 0. The molecular formula is C14H12N4O2. The van der Waals surface area contributed by atoms with Gasteiger partial charge < -0.3 is 15.0 Å². The molecule has 0 amide bonds. The van der Waals surface area contributed by atoms with Crippen LogP contribution in [0.3, 0.4) is 0 Å². The van der Waals surface area contributed by atoms with Crippen molar-refractivity contribution >= 4 is 5.69 Å². The topological polar surface area (TPSA) is 87.1 Å². The van der Waals surface area contributed by atoms with E-state index in [2.05, 4.69) is 15.1 Å². The molecule has 2 aromatic heterocycles. The van der Waals surface area contributed by atoms with Crippen LogP contribution in [0.15, 0.2) is 47.1 Å². The van der Waals surface area contributed by atoms with Crippen molar-refractivity contribution in [3.8, 4) is 28.7 Å². The van der Waals surface area contributed by atoms with Gasteiger partial charge in [0.15, 0.2) is 5.69 Å². The number of rotatable bonds is 3. The smallest absolute Gasteiger partial charge is 0.278 e. The molecule has 1 aromatic carbocycles. The summed E-state index contributed by atoms with van der Waals surface area (Å²) < 4.78 is 10.5. The second-order valence-electron chi connectivity index (χ2n) is 4.06. The van der Waals surface area contributed by atoms with Crippen LogP contribution in [-0.4, -0.2) is 22.2 Å². The van der Waals surface area contributed by atoms with Gasteiger partial charge in [0.05, 0.1) is 18.4 Å². The third-order valence-corrected chi connectivity index (χ3v) is 2.82. The number of methoxy groups -OCH3 is 1. The second-order valence-corrected chi connectivity index (χ2v) is 4.06. The minimum Gasteiger partial charge on any atom is -0.496 e. The van der Waals surface area contributed by atoms with Gasteiger partial charge in [0.25, 0.3) is 5.89 Å². The fourth-order valence-electron chi connectivity index (χ4n) is 1.85. The molecule has 20 heavy (non-hydrogen) atoms. The molecule has 0 bridgehead atoms. The predicted octanol–water partition coefficient (Wildman–Crippen LogP) is 2.39. The molecule has 0 atom stereocenters. The molecule has 6 heteroatoms. The highest BCUT2D eigenvalue weighted by atomic mass is 16.5. The third kappa shape index (κ3) is 2.07. The lowest BCUT2D eigenvalue weighted by Crippen LogP contribution is -1.93. The van der Waals surface area contributed by atoms with Crippen LogP contribution < -0.4 is 10.5 Å². The Kier molecular flexibility index (Phi) is 3.04. The van der Waals surface area contributed by atoms with E-state index in [0.717, 1.165) is 5.56 Å². The van der Waals surface area contributed by atoms with E-state index < -0.39 is 0 Å². The maximum absolute atomic E-state index is 5.84. The van der Waals surface area contributed by atoms with Crippen molar-refractivity contribution in [1.29, 1.82) is 0 Å². The van der Waals surface area contributed by atoms with Crippen molar-refractivity contribution in [1.82, 2.24) is 15.1 Å². The molecule has 2 heterocycles. The fraction of sp³-hybridized carbons (Fsp3) is 0.0714. The minimum absolute atomic E-state index is 0.281. The summed E-state index contributed by atoms with van der Waals surface area (Å²) >= 11 is 0. The van der Waals surface area contributed by atoms with Crippen molar-refractivity contribution < 1.29 is 9.26 Å². The summed E-state index contributed by atoms with van der Waals surface area (Å²) in [6, 6.07) is 10.9. The Hall–Kier alpha value is -2.89. The summed E-state index contributed by atoms with van der Waals surface area (Å²) in [5, 5.41) is 3.95. The first-order valence-corrected chi connectivity index (χ1v) is 5.97. The first-order chi connectivity index (χ1) is 9.79. The molecular weight excluding hydrogens is 256 g/mol. The van der Waals surface area contributed by atoms with Gasteiger partial charge in [0.2, 0.25) is 5.82 Å². The monoisotopic (exact) mass is 268 g/mol. The van der Waals surface area contributed by atoms with Gasteiger partial charge in [-0.15, -0.1) is 0 Å². The third-order valence-electron chi connectivity index (χ3n) is 2.82. The average Bonchev–Trinajstić information content (AvgIpc) is 2.97. The van der Waals surface area contributed by atoms with E-state index in [-0.39, 0.29) is 5.89 Å². The molecule has 0 aliphatic heterocycles. The van der Waals surface area contributed by atoms with Gasteiger partial charge >= 0.3 is 0 Å². The zero-order chi connectivity index (χ0) is 13.9. The number of aromatic nitrogens is 3. The number of hydrogen-bond donors (Lipinski definition) is 1. The van der Waals surface area contributed by atoms with Gasteiger partial charge in [-0.1, -0.05) is 17.3 Å². The Bertz CT molecular complexity index is 739. The Morgan fingerprint density at radius 2 is 2.00 bits per heavy atom. The summed E-state index contributed by atoms with van der Waals surface area (Å²) in [5.74, 6) is 1.39. The molecule has 0 spiro atoms. The molecule has 0 saturated heterocycles. The SMILES string of the molecule is COc1ccccc1-c1noc(-c2ncccc2N)n1. The molecule has 100 valence electrons. The normalized spacial score (nSPS) is 10.4. The number of ether oxygens (including phenoxy) is 1. The molecule has 2 N–H and O–H groups in total. The number of nitrogens with two attached hydrogens (primary N) is 1. The van der Waals surface area contributed by atoms with E-state index in [4.69, 9.17) is 15.0 Å². The standard InChI is InChI=1S/C14H12N4O2/c1-19-11-7-3-2-5-9(11)13-17-14(20-18-13)12-10(15)6-4-8-16-12/h2-8H,15H2,1H3. The largest absolute Gasteiger partial charge is 0.496 e. The van der Waals surface area contributed by atoms with Crippen LogP contribution in [-0.2, 0) is 0 Å². The fourth-order valence-corrected chi connectivity index (χ4v) is 1.85.